The van der Waals surface area contributed by atoms with E-state index in [-0.39, 0.29) is 10.8 Å². The first-order chi connectivity index (χ1) is 17.3. The van der Waals surface area contributed by atoms with Gasteiger partial charge in [0, 0.05) is 31.9 Å². The highest BCUT2D eigenvalue weighted by Crippen LogP contribution is 2.50. The van der Waals surface area contributed by atoms with Gasteiger partial charge < -0.3 is 4.42 Å². The summed E-state index contributed by atoms with van der Waals surface area (Å²) in [5.74, 6) is 0. The van der Waals surface area contributed by atoms with Gasteiger partial charge in [-0.25, -0.2) is 4.57 Å². The first-order valence-corrected chi connectivity index (χ1v) is 12.2. The number of aryl methyl sites for hydroxylation is 3. The van der Waals surface area contributed by atoms with Crippen LogP contribution in [0.2, 0.25) is 0 Å². The molecule has 2 heterocycles. The van der Waals surface area contributed by atoms with Crippen LogP contribution >= 0.6 is 0 Å². The Morgan fingerprint density at radius 3 is 2.32 bits per heavy atom. The first-order valence-electron chi connectivity index (χ1n) is 13.7. The predicted octanol–water partition coefficient (Wildman–Crippen LogP) is 8.20. The molecule has 0 saturated carbocycles. The van der Waals surface area contributed by atoms with Gasteiger partial charge in [-0.1, -0.05) is 58.0 Å². The molecule has 0 saturated heterocycles. The Kier molecular flexibility index (Phi) is 3.72. The molecule has 3 aromatic carbocycles. The maximum Gasteiger partial charge on any atom is 0.216 e. The van der Waals surface area contributed by atoms with Crippen LogP contribution in [0.5, 0.6) is 0 Å². The van der Waals surface area contributed by atoms with Crippen LogP contribution < -0.4 is 4.57 Å². The van der Waals surface area contributed by atoms with Crippen LogP contribution in [0.15, 0.2) is 59.1 Å². The number of nitrogens with zero attached hydrogens (tertiary/aromatic N) is 1. The number of aromatic nitrogens is 1. The molecule has 0 atom stereocenters. The van der Waals surface area contributed by atoms with E-state index in [0.29, 0.717) is 5.56 Å². The lowest BCUT2D eigenvalue weighted by Crippen LogP contribution is -2.34. The average molecular weight is 452 g/mol. The Hall–Kier alpha value is -3.13. The van der Waals surface area contributed by atoms with Gasteiger partial charge in [-0.15, -0.1) is 0 Å². The van der Waals surface area contributed by atoms with Gasteiger partial charge in [0.25, 0.3) is 0 Å². The van der Waals surface area contributed by atoms with Crippen LogP contribution in [0.25, 0.3) is 44.0 Å². The van der Waals surface area contributed by atoms with Gasteiger partial charge in [0.2, 0.25) is 5.69 Å². The van der Waals surface area contributed by atoms with E-state index < -0.39 is 6.85 Å². The molecule has 1 aliphatic rings. The highest BCUT2D eigenvalue weighted by Gasteiger charge is 2.39. The Labute approximate surface area is 206 Å². The monoisotopic (exact) mass is 451 g/mol. The first kappa shape index (κ1) is 18.2. The van der Waals surface area contributed by atoms with Gasteiger partial charge in [-0.3, -0.25) is 0 Å². The van der Waals surface area contributed by atoms with Crippen molar-refractivity contribution >= 4 is 32.7 Å². The molecular weight excluding hydrogens is 414 g/mol. The van der Waals surface area contributed by atoms with Crippen molar-refractivity contribution in [2.45, 2.75) is 65.1 Å². The van der Waals surface area contributed by atoms with Crippen LogP contribution in [0.1, 0.15) is 66.9 Å². The molecule has 0 amide bonds. The fourth-order valence-corrected chi connectivity index (χ4v) is 6.14. The zero-order chi connectivity index (χ0) is 26.5. The van der Waals surface area contributed by atoms with Crippen LogP contribution in [0.3, 0.4) is 0 Å². The van der Waals surface area contributed by atoms with E-state index in [4.69, 9.17) is 8.53 Å². The van der Waals surface area contributed by atoms with Crippen LogP contribution in [0, 0.1) is 13.8 Å². The smallest absolute Gasteiger partial charge is 0.216 e. The lowest BCUT2D eigenvalue weighted by molar-refractivity contribution is -0.660. The van der Waals surface area contributed by atoms with E-state index in [0.717, 1.165) is 45.2 Å². The van der Waals surface area contributed by atoms with E-state index in [1.54, 1.807) is 12.3 Å². The van der Waals surface area contributed by atoms with Crippen molar-refractivity contribution in [2.75, 3.05) is 0 Å². The minimum absolute atomic E-state index is 0.0495. The van der Waals surface area contributed by atoms with Gasteiger partial charge in [0.1, 0.15) is 18.2 Å². The third-order valence-electron chi connectivity index (χ3n) is 8.17. The van der Waals surface area contributed by atoms with Gasteiger partial charge in [0.15, 0.2) is 6.20 Å². The topological polar surface area (TPSA) is 17.0 Å². The lowest BCUT2D eigenvalue weighted by atomic mass is 9.62. The molecule has 0 aliphatic heterocycles. The molecule has 2 heteroatoms. The summed E-state index contributed by atoms with van der Waals surface area (Å²) in [6, 6.07) is 16.9. The standard InChI is InChI=1S/C32H34NO/c1-19-8-15-25(33(7)18-19)26-20(2)9-12-22-23-13-10-21-11-14-24-28(27(21)30(23)34-29(22)26)32(5,6)17-16-31(24,3)4/h8-15,18H,16-17H2,1-7H3/q+1/i1D3. The maximum atomic E-state index is 7.81. The van der Waals surface area contributed by atoms with Crippen LogP contribution in [-0.2, 0) is 17.9 Å². The summed E-state index contributed by atoms with van der Waals surface area (Å²) in [6.07, 6.45) is 4.01. The third-order valence-corrected chi connectivity index (χ3v) is 8.17. The van der Waals surface area contributed by atoms with E-state index in [1.165, 1.54) is 28.3 Å². The van der Waals surface area contributed by atoms with E-state index in [9.17, 15) is 0 Å². The van der Waals surface area contributed by atoms with Crippen molar-refractivity contribution in [2.24, 2.45) is 7.05 Å². The number of pyridine rings is 1. The third kappa shape index (κ3) is 2.90. The second-order valence-electron chi connectivity index (χ2n) is 11.4. The predicted molar refractivity (Wildman–Crippen MR) is 143 cm³/mol. The fourth-order valence-electron chi connectivity index (χ4n) is 6.14. The lowest BCUT2D eigenvalue weighted by Gasteiger charge is -2.42. The van der Waals surface area contributed by atoms with Gasteiger partial charge >= 0.3 is 0 Å². The number of hydrogen-bond donors (Lipinski definition) is 0. The number of hydrogen-bond acceptors (Lipinski definition) is 1. The fraction of sp³-hybridized carbons (Fsp3) is 0.344. The number of fused-ring (bicyclic) bond motifs is 7. The van der Waals surface area contributed by atoms with Crippen molar-refractivity contribution in [3.63, 3.8) is 0 Å². The Balaban J connectivity index is 1.72. The summed E-state index contributed by atoms with van der Waals surface area (Å²) < 4.78 is 32.2. The quantitative estimate of drug-likeness (QED) is 0.235. The minimum atomic E-state index is -2.14. The average Bonchev–Trinajstić information content (AvgIpc) is 3.20. The molecule has 0 spiro atoms. The largest absolute Gasteiger partial charge is 0.454 e. The van der Waals surface area contributed by atoms with Gasteiger partial charge in [-0.2, -0.15) is 0 Å². The second-order valence-corrected chi connectivity index (χ2v) is 11.4. The number of rotatable bonds is 1. The molecule has 0 fully saturated rings. The summed E-state index contributed by atoms with van der Waals surface area (Å²) >= 11 is 0. The molecule has 0 radical (unpaired) electrons. The molecule has 0 bridgehead atoms. The summed E-state index contributed by atoms with van der Waals surface area (Å²) in [5, 5.41) is 4.65. The molecule has 2 nitrogen and oxygen atoms in total. The van der Waals surface area contributed by atoms with Crippen molar-refractivity contribution in [3.8, 4) is 11.3 Å². The zero-order valence-corrected chi connectivity index (χ0v) is 21.0. The zero-order valence-electron chi connectivity index (χ0n) is 24.0. The number of furan rings is 1. The van der Waals surface area contributed by atoms with E-state index >= 15 is 0 Å². The molecule has 1 aliphatic carbocycles. The van der Waals surface area contributed by atoms with Crippen molar-refractivity contribution in [3.05, 3.63) is 77.0 Å². The molecular formula is C32H34NO+. The SMILES string of the molecule is [2H]C([2H])([2H])c1ccc(-c2c(C)ccc3c2oc2c3ccc3ccc4c(c32)C(C)(C)CCC4(C)C)[n+](C)c1. The molecule has 34 heavy (non-hydrogen) atoms. The van der Waals surface area contributed by atoms with Gasteiger partial charge in [-0.05, 0) is 71.7 Å². The maximum absolute atomic E-state index is 7.81. The summed E-state index contributed by atoms with van der Waals surface area (Å²) in [4.78, 5) is 0. The molecule has 0 N–H and O–H groups in total. The summed E-state index contributed by atoms with van der Waals surface area (Å²) in [6.45, 7) is 9.39. The normalized spacial score (nSPS) is 18.6. The van der Waals surface area contributed by atoms with Crippen LogP contribution in [0.4, 0.5) is 0 Å². The van der Waals surface area contributed by atoms with Crippen LogP contribution in [-0.4, -0.2) is 0 Å². The highest BCUT2D eigenvalue weighted by atomic mass is 16.3. The van der Waals surface area contributed by atoms with Crippen molar-refractivity contribution in [1.29, 1.82) is 0 Å². The minimum Gasteiger partial charge on any atom is -0.454 e. The highest BCUT2D eigenvalue weighted by molar-refractivity contribution is 6.18. The van der Waals surface area contributed by atoms with Crippen molar-refractivity contribution < 1.29 is 13.1 Å². The Morgan fingerprint density at radius 2 is 1.56 bits per heavy atom. The molecule has 6 rings (SSSR count). The summed E-state index contributed by atoms with van der Waals surface area (Å²) in [5.41, 5.74) is 8.17. The molecule has 5 aromatic rings. The number of benzene rings is 3. The molecule has 172 valence electrons. The molecule has 0 unspecified atom stereocenters. The van der Waals surface area contributed by atoms with E-state index in [2.05, 4.69) is 71.0 Å². The Morgan fingerprint density at radius 1 is 0.853 bits per heavy atom. The van der Waals surface area contributed by atoms with Gasteiger partial charge in [0.05, 0.1) is 5.56 Å². The molecule has 2 aromatic heterocycles. The van der Waals surface area contributed by atoms with E-state index in [1.807, 2.05) is 17.7 Å². The summed E-state index contributed by atoms with van der Waals surface area (Å²) in [7, 11) is 1.90. The second kappa shape index (κ2) is 6.95. The Bertz CT molecular complexity index is 1740. The van der Waals surface area contributed by atoms with Crippen molar-refractivity contribution in [1.82, 2.24) is 0 Å².